The van der Waals surface area contributed by atoms with Crippen molar-refractivity contribution >= 4 is 15.9 Å². The van der Waals surface area contributed by atoms with E-state index in [-0.39, 0.29) is 5.91 Å². The second-order valence-corrected chi connectivity index (χ2v) is 8.74. The third kappa shape index (κ3) is 5.31. The lowest BCUT2D eigenvalue weighted by Crippen LogP contribution is -2.35. The molecule has 6 heteroatoms. The molecule has 24 heavy (non-hydrogen) atoms. The number of piperidine rings is 1. The Kier molecular flexibility index (Phi) is 6.80. The van der Waals surface area contributed by atoms with E-state index in [9.17, 15) is 13.2 Å². The van der Waals surface area contributed by atoms with Gasteiger partial charge in [-0.05, 0) is 42.9 Å². The summed E-state index contributed by atoms with van der Waals surface area (Å²) in [4.78, 5) is 12.1. The number of rotatable bonds is 7. The van der Waals surface area contributed by atoms with Crippen molar-refractivity contribution in [2.45, 2.75) is 50.8 Å². The molecule has 134 valence electrons. The van der Waals surface area contributed by atoms with Crippen LogP contribution in [0.4, 0.5) is 0 Å². The molecule has 0 spiro atoms. The number of aryl methyl sites for hydroxylation is 1. The summed E-state index contributed by atoms with van der Waals surface area (Å²) in [6.45, 7) is 6.02. The van der Waals surface area contributed by atoms with E-state index in [1.165, 1.54) is 0 Å². The molecule has 0 atom stereocenters. The Morgan fingerprint density at radius 1 is 1.12 bits per heavy atom. The molecule has 1 aliphatic rings. The normalized spacial score (nSPS) is 16.3. The summed E-state index contributed by atoms with van der Waals surface area (Å²) in [5.74, 6) is 0.474. The summed E-state index contributed by atoms with van der Waals surface area (Å²) in [6, 6.07) is 6.94. The van der Waals surface area contributed by atoms with Crippen LogP contribution in [0.5, 0.6) is 0 Å². The van der Waals surface area contributed by atoms with Crippen LogP contribution < -0.4 is 5.32 Å². The molecule has 1 heterocycles. The summed E-state index contributed by atoms with van der Waals surface area (Å²) in [5, 5.41) is 2.89. The van der Waals surface area contributed by atoms with Crippen LogP contribution in [-0.2, 0) is 21.2 Å². The second-order valence-electron chi connectivity index (χ2n) is 6.81. The first-order chi connectivity index (χ1) is 11.4. The summed E-state index contributed by atoms with van der Waals surface area (Å²) in [7, 11) is -3.37. The van der Waals surface area contributed by atoms with E-state index in [0.29, 0.717) is 43.3 Å². The van der Waals surface area contributed by atoms with Crippen molar-refractivity contribution < 1.29 is 13.2 Å². The van der Waals surface area contributed by atoms with Crippen LogP contribution >= 0.6 is 0 Å². The Morgan fingerprint density at radius 3 is 2.33 bits per heavy atom. The van der Waals surface area contributed by atoms with Gasteiger partial charge in [-0.2, -0.15) is 4.31 Å². The van der Waals surface area contributed by atoms with E-state index in [1.807, 2.05) is 12.1 Å². The van der Waals surface area contributed by atoms with Crippen molar-refractivity contribution in [1.29, 1.82) is 0 Å². The molecule has 1 aromatic rings. The predicted molar refractivity (Wildman–Crippen MR) is 95.2 cm³/mol. The zero-order chi connectivity index (χ0) is 17.6. The Labute approximate surface area is 145 Å². The summed E-state index contributed by atoms with van der Waals surface area (Å²) in [6.07, 6.45) is 4.01. The number of nitrogens with zero attached hydrogens (tertiary/aromatic N) is 1. The summed E-state index contributed by atoms with van der Waals surface area (Å²) in [5.41, 5.74) is 0.979. The molecular weight excluding hydrogens is 324 g/mol. The number of hydrogen-bond donors (Lipinski definition) is 1. The standard InChI is InChI=1S/C18H28N2O3S/c1-15(2)14-19-18(21)11-8-16-6-9-17(10-7-16)24(22,23)20-12-4-3-5-13-20/h6-7,9-10,15H,3-5,8,11-14H2,1-2H3,(H,19,21). The fourth-order valence-electron chi connectivity index (χ4n) is 2.75. The number of amides is 1. The van der Waals surface area contributed by atoms with Gasteiger partial charge < -0.3 is 5.32 Å². The minimum Gasteiger partial charge on any atom is -0.356 e. The maximum Gasteiger partial charge on any atom is 0.243 e. The molecular formula is C18H28N2O3S. The first-order valence-electron chi connectivity index (χ1n) is 8.75. The molecule has 1 amide bonds. The van der Waals surface area contributed by atoms with Crippen molar-refractivity contribution in [3.8, 4) is 0 Å². The molecule has 1 N–H and O–H groups in total. The fraction of sp³-hybridized carbons (Fsp3) is 0.611. The Bertz CT molecular complexity index is 633. The average Bonchev–Trinajstić information content (AvgIpc) is 2.59. The van der Waals surface area contributed by atoms with E-state index >= 15 is 0 Å². The third-order valence-electron chi connectivity index (χ3n) is 4.22. The van der Waals surface area contributed by atoms with Gasteiger partial charge >= 0.3 is 0 Å². The number of benzene rings is 1. The molecule has 0 radical (unpaired) electrons. The van der Waals surface area contributed by atoms with Gasteiger partial charge in [0.1, 0.15) is 0 Å². The van der Waals surface area contributed by atoms with Crippen LogP contribution in [0.1, 0.15) is 45.1 Å². The van der Waals surface area contributed by atoms with Crippen LogP contribution in [0.2, 0.25) is 0 Å². The molecule has 0 bridgehead atoms. The average molecular weight is 353 g/mol. The molecule has 5 nitrogen and oxygen atoms in total. The molecule has 1 saturated heterocycles. The van der Waals surface area contributed by atoms with Gasteiger partial charge in [0.15, 0.2) is 0 Å². The lowest BCUT2D eigenvalue weighted by Gasteiger charge is -2.25. The van der Waals surface area contributed by atoms with Crippen molar-refractivity contribution in [2.24, 2.45) is 5.92 Å². The Morgan fingerprint density at radius 2 is 1.75 bits per heavy atom. The molecule has 1 aromatic carbocycles. The van der Waals surface area contributed by atoms with Gasteiger partial charge in [0, 0.05) is 26.1 Å². The zero-order valence-electron chi connectivity index (χ0n) is 14.6. The van der Waals surface area contributed by atoms with Crippen molar-refractivity contribution in [3.05, 3.63) is 29.8 Å². The highest BCUT2D eigenvalue weighted by Crippen LogP contribution is 2.21. The van der Waals surface area contributed by atoms with Gasteiger partial charge in [0.05, 0.1) is 4.90 Å². The highest BCUT2D eigenvalue weighted by molar-refractivity contribution is 7.89. The maximum atomic E-state index is 12.6. The molecule has 1 aliphatic heterocycles. The minimum atomic E-state index is -3.37. The van der Waals surface area contributed by atoms with Crippen LogP contribution in [-0.4, -0.2) is 38.3 Å². The van der Waals surface area contributed by atoms with E-state index < -0.39 is 10.0 Å². The fourth-order valence-corrected chi connectivity index (χ4v) is 4.26. The van der Waals surface area contributed by atoms with Gasteiger partial charge in [-0.15, -0.1) is 0 Å². The van der Waals surface area contributed by atoms with E-state index in [1.54, 1.807) is 16.4 Å². The van der Waals surface area contributed by atoms with E-state index in [0.717, 1.165) is 24.8 Å². The molecule has 0 aliphatic carbocycles. The zero-order valence-corrected chi connectivity index (χ0v) is 15.4. The molecule has 0 saturated carbocycles. The Hall–Kier alpha value is -1.40. The van der Waals surface area contributed by atoms with Crippen LogP contribution in [0.3, 0.4) is 0 Å². The number of sulfonamides is 1. The van der Waals surface area contributed by atoms with Crippen LogP contribution in [0.25, 0.3) is 0 Å². The largest absolute Gasteiger partial charge is 0.356 e. The van der Waals surface area contributed by atoms with Crippen molar-refractivity contribution in [2.75, 3.05) is 19.6 Å². The number of carbonyl (C=O) groups is 1. The van der Waals surface area contributed by atoms with Crippen LogP contribution in [0, 0.1) is 5.92 Å². The Balaban J connectivity index is 1.91. The topological polar surface area (TPSA) is 66.5 Å². The number of hydrogen-bond acceptors (Lipinski definition) is 3. The smallest absolute Gasteiger partial charge is 0.243 e. The van der Waals surface area contributed by atoms with E-state index in [4.69, 9.17) is 0 Å². The highest BCUT2D eigenvalue weighted by atomic mass is 32.2. The predicted octanol–water partition coefficient (Wildman–Crippen LogP) is 2.57. The monoisotopic (exact) mass is 352 g/mol. The van der Waals surface area contributed by atoms with Crippen LogP contribution in [0.15, 0.2) is 29.2 Å². The van der Waals surface area contributed by atoms with Crippen molar-refractivity contribution in [3.63, 3.8) is 0 Å². The second kappa shape index (κ2) is 8.62. The van der Waals surface area contributed by atoms with Gasteiger partial charge in [0.25, 0.3) is 0 Å². The summed E-state index contributed by atoms with van der Waals surface area (Å²) >= 11 is 0. The lowest BCUT2D eigenvalue weighted by atomic mass is 10.1. The molecule has 1 fully saturated rings. The van der Waals surface area contributed by atoms with Gasteiger partial charge in [0.2, 0.25) is 15.9 Å². The SMILES string of the molecule is CC(C)CNC(=O)CCc1ccc(S(=O)(=O)N2CCCCC2)cc1. The quantitative estimate of drug-likeness (QED) is 0.820. The van der Waals surface area contributed by atoms with Gasteiger partial charge in [-0.25, -0.2) is 8.42 Å². The molecule has 0 aromatic heterocycles. The van der Waals surface area contributed by atoms with E-state index in [2.05, 4.69) is 19.2 Å². The van der Waals surface area contributed by atoms with Crippen molar-refractivity contribution in [1.82, 2.24) is 9.62 Å². The van der Waals surface area contributed by atoms with Gasteiger partial charge in [-0.3, -0.25) is 4.79 Å². The summed E-state index contributed by atoms with van der Waals surface area (Å²) < 4.78 is 26.7. The third-order valence-corrected chi connectivity index (χ3v) is 6.14. The minimum absolute atomic E-state index is 0.0358. The number of carbonyl (C=O) groups excluding carboxylic acids is 1. The molecule has 2 rings (SSSR count). The van der Waals surface area contributed by atoms with Gasteiger partial charge in [-0.1, -0.05) is 32.4 Å². The highest BCUT2D eigenvalue weighted by Gasteiger charge is 2.25. The maximum absolute atomic E-state index is 12.6. The number of nitrogens with one attached hydrogen (secondary N) is 1. The first-order valence-corrected chi connectivity index (χ1v) is 10.2. The first kappa shape index (κ1) is 18.9. The lowest BCUT2D eigenvalue weighted by molar-refractivity contribution is -0.121. The molecule has 0 unspecified atom stereocenters.